The number of carbonyl (C=O) groups is 2. The molecule has 0 aliphatic carbocycles. The lowest BCUT2D eigenvalue weighted by Crippen LogP contribution is -2.34. The van der Waals surface area contributed by atoms with Gasteiger partial charge in [0.1, 0.15) is 5.82 Å². The number of aryl methyl sites for hydroxylation is 1. The van der Waals surface area contributed by atoms with Crippen LogP contribution >= 0.6 is 0 Å². The molecule has 0 aliphatic rings. The fourth-order valence-corrected chi connectivity index (χ4v) is 1.99. The molecule has 0 spiro atoms. The Morgan fingerprint density at radius 3 is 2.08 bits per heavy atom. The second-order valence-corrected chi connectivity index (χ2v) is 5.16. The van der Waals surface area contributed by atoms with Crippen LogP contribution < -0.4 is 10.6 Å². The normalized spacial score (nSPS) is 9.88. The third-order valence-corrected chi connectivity index (χ3v) is 3.41. The maximum atomic E-state index is 13.4. The molecule has 0 unspecified atom stereocenters. The van der Waals surface area contributed by atoms with Crippen LogP contribution in [-0.4, -0.2) is 24.9 Å². The van der Waals surface area contributed by atoms with Crippen molar-refractivity contribution >= 4 is 11.8 Å². The van der Waals surface area contributed by atoms with E-state index in [2.05, 4.69) is 10.6 Å². The van der Waals surface area contributed by atoms with Crippen molar-refractivity contribution in [3.8, 4) is 6.07 Å². The van der Waals surface area contributed by atoms with Crippen LogP contribution in [0.4, 0.5) is 4.39 Å². The number of amides is 2. The first-order valence-electron chi connectivity index (χ1n) is 7.34. The molecule has 122 valence electrons. The van der Waals surface area contributed by atoms with Gasteiger partial charge in [0.15, 0.2) is 0 Å². The van der Waals surface area contributed by atoms with E-state index in [9.17, 15) is 14.0 Å². The molecule has 0 aromatic heterocycles. The number of carbonyl (C=O) groups excluding carboxylic acids is 2. The molecule has 0 saturated heterocycles. The Balaban J connectivity index is 1.79. The van der Waals surface area contributed by atoms with Crippen LogP contribution in [0.5, 0.6) is 0 Å². The minimum atomic E-state index is -0.434. The highest BCUT2D eigenvalue weighted by Crippen LogP contribution is 2.08. The van der Waals surface area contributed by atoms with E-state index in [1.165, 1.54) is 12.1 Å². The summed E-state index contributed by atoms with van der Waals surface area (Å²) in [5.74, 6) is -1.13. The van der Waals surface area contributed by atoms with Crippen molar-refractivity contribution < 1.29 is 14.0 Å². The summed E-state index contributed by atoms with van der Waals surface area (Å²) in [7, 11) is 0. The van der Waals surface area contributed by atoms with Crippen LogP contribution in [0.3, 0.4) is 0 Å². The Kier molecular flexibility index (Phi) is 5.63. The molecule has 24 heavy (non-hydrogen) atoms. The van der Waals surface area contributed by atoms with Gasteiger partial charge in [-0.3, -0.25) is 9.59 Å². The van der Waals surface area contributed by atoms with Gasteiger partial charge in [-0.25, -0.2) is 4.39 Å². The smallest absolute Gasteiger partial charge is 0.251 e. The quantitative estimate of drug-likeness (QED) is 0.827. The second-order valence-electron chi connectivity index (χ2n) is 5.16. The SMILES string of the molecule is Cc1ccc(C(=O)NCCNC(=O)c2ccc(C#N)cc2)cc1F. The molecular weight excluding hydrogens is 309 g/mol. The van der Waals surface area contributed by atoms with E-state index in [4.69, 9.17) is 5.26 Å². The predicted molar refractivity (Wildman–Crippen MR) is 87.0 cm³/mol. The highest BCUT2D eigenvalue weighted by molar-refractivity contribution is 5.95. The standard InChI is InChI=1S/C18H16FN3O2/c1-12-2-5-15(10-16(12)19)18(24)22-9-8-21-17(23)14-6-3-13(11-20)4-7-14/h2-7,10H,8-9H2,1H3,(H,21,23)(H,22,24). The molecule has 2 amide bonds. The van der Waals surface area contributed by atoms with Crippen molar-refractivity contribution in [3.63, 3.8) is 0 Å². The molecule has 0 fully saturated rings. The zero-order chi connectivity index (χ0) is 17.5. The lowest BCUT2D eigenvalue weighted by Gasteiger charge is -2.08. The van der Waals surface area contributed by atoms with Crippen molar-refractivity contribution in [2.45, 2.75) is 6.92 Å². The van der Waals surface area contributed by atoms with Gasteiger partial charge in [0.25, 0.3) is 11.8 Å². The number of rotatable bonds is 5. The van der Waals surface area contributed by atoms with Crippen molar-refractivity contribution in [1.82, 2.24) is 10.6 Å². The summed E-state index contributed by atoms with van der Waals surface area (Å²) in [5.41, 5.74) is 1.61. The first-order valence-corrected chi connectivity index (χ1v) is 7.34. The van der Waals surface area contributed by atoms with Gasteiger partial charge in [-0.15, -0.1) is 0 Å². The van der Waals surface area contributed by atoms with Gasteiger partial charge in [-0.2, -0.15) is 5.26 Å². The zero-order valence-electron chi connectivity index (χ0n) is 13.1. The van der Waals surface area contributed by atoms with Gasteiger partial charge >= 0.3 is 0 Å². The third-order valence-electron chi connectivity index (χ3n) is 3.41. The molecular formula is C18H16FN3O2. The van der Waals surface area contributed by atoms with Crippen molar-refractivity contribution in [2.75, 3.05) is 13.1 Å². The average Bonchev–Trinajstić information content (AvgIpc) is 2.60. The highest BCUT2D eigenvalue weighted by Gasteiger charge is 2.08. The van der Waals surface area contributed by atoms with E-state index in [0.717, 1.165) is 0 Å². The second kappa shape index (κ2) is 7.88. The van der Waals surface area contributed by atoms with Gasteiger partial charge in [-0.05, 0) is 48.9 Å². The van der Waals surface area contributed by atoms with Gasteiger partial charge in [-0.1, -0.05) is 6.07 Å². The third kappa shape index (κ3) is 4.40. The number of hydrogen-bond acceptors (Lipinski definition) is 3. The largest absolute Gasteiger partial charge is 0.350 e. The van der Waals surface area contributed by atoms with Crippen LogP contribution in [0, 0.1) is 24.1 Å². The molecule has 2 aromatic rings. The summed E-state index contributed by atoms with van der Waals surface area (Å²) >= 11 is 0. The lowest BCUT2D eigenvalue weighted by molar-refractivity contribution is 0.0927. The maximum Gasteiger partial charge on any atom is 0.251 e. The van der Waals surface area contributed by atoms with Crippen LogP contribution in [0.2, 0.25) is 0 Å². The fraction of sp³-hybridized carbons (Fsp3) is 0.167. The molecule has 0 saturated carbocycles. The Labute approximate surface area is 139 Å². The van der Waals surface area contributed by atoms with Gasteiger partial charge in [0.2, 0.25) is 0 Å². The summed E-state index contributed by atoms with van der Waals surface area (Å²) in [6.45, 7) is 2.07. The Hall–Kier alpha value is -3.20. The molecule has 2 rings (SSSR count). The van der Waals surface area contributed by atoms with E-state index >= 15 is 0 Å². The summed E-state index contributed by atoms with van der Waals surface area (Å²) < 4.78 is 13.4. The molecule has 5 nitrogen and oxygen atoms in total. The minimum absolute atomic E-state index is 0.219. The van der Waals surface area contributed by atoms with Crippen molar-refractivity contribution in [2.24, 2.45) is 0 Å². The number of nitriles is 1. The van der Waals surface area contributed by atoms with Crippen molar-refractivity contribution in [3.05, 3.63) is 70.5 Å². The van der Waals surface area contributed by atoms with Crippen LogP contribution in [0.25, 0.3) is 0 Å². The van der Waals surface area contributed by atoms with Gasteiger partial charge in [0.05, 0.1) is 11.6 Å². The summed E-state index contributed by atoms with van der Waals surface area (Å²) in [5, 5.41) is 14.0. The molecule has 0 radical (unpaired) electrons. The molecule has 2 N–H and O–H groups in total. The molecule has 2 aromatic carbocycles. The minimum Gasteiger partial charge on any atom is -0.350 e. The number of nitrogens with zero attached hydrogens (tertiary/aromatic N) is 1. The summed E-state index contributed by atoms with van der Waals surface area (Å²) in [6, 6.07) is 12.5. The molecule has 0 bridgehead atoms. The first-order chi connectivity index (χ1) is 11.5. The number of benzene rings is 2. The topological polar surface area (TPSA) is 82.0 Å². The Morgan fingerprint density at radius 2 is 1.54 bits per heavy atom. The number of halogens is 1. The van der Waals surface area contributed by atoms with Gasteiger partial charge < -0.3 is 10.6 Å². The monoisotopic (exact) mass is 325 g/mol. The van der Waals surface area contributed by atoms with Crippen molar-refractivity contribution in [1.29, 1.82) is 5.26 Å². The number of nitrogens with one attached hydrogen (secondary N) is 2. The summed E-state index contributed by atoms with van der Waals surface area (Å²) in [4.78, 5) is 23.8. The average molecular weight is 325 g/mol. The Morgan fingerprint density at radius 1 is 1.00 bits per heavy atom. The van der Waals surface area contributed by atoms with Crippen LogP contribution in [-0.2, 0) is 0 Å². The zero-order valence-corrected chi connectivity index (χ0v) is 13.1. The van der Waals surface area contributed by atoms with E-state index in [1.54, 1.807) is 37.3 Å². The van der Waals surface area contributed by atoms with Crippen LogP contribution in [0.15, 0.2) is 42.5 Å². The highest BCUT2D eigenvalue weighted by atomic mass is 19.1. The molecule has 0 heterocycles. The fourth-order valence-electron chi connectivity index (χ4n) is 1.99. The van der Waals surface area contributed by atoms with Gasteiger partial charge in [0, 0.05) is 24.2 Å². The summed E-state index contributed by atoms with van der Waals surface area (Å²) in [6.07, 6.45) is 0. The molecule has 6 heteroatoms. The van der Waals surface area contributed by atoms with E-state index < -0.39 is 11.7 Å². The predicted octanol–water partition coefficient (Wildman–Crippen LogP) is 2.17. The van der Waals surface area contributed by atoms with Crippen LogP contribution in [0.1, 0.15) is 31.8 Å². The molecule has 0 atom stereocenters. The maximum absolute atomic E-state index is 13.4. The number of hydrogen-bond donors (Lipinski definition) is 2. The Bertz CT molecular complexity index is 795. The van der Waals surface area contributed by atoms with E-state index in [0.29, 0.717) is 16.7 Å². The lowest BCUT2D eigenvalue weighted by atomic mass is 10.1. The van der Waals surface area contributed by atoms with E-state index in [-0.39, 0.29) is 24.6 Å². The molecule has 0 aliphatic heterocycles. The van der Waals surface area contributed by atoms with E-state index in [1.807, 2.05) is 6.07 Å². The first kappa shape index (κ1) is 17.2.